The Balaban J connectivity index is 4.51. The van der Waals surface area contributed by atoms with E-state index >= 15 is 0 Å². The van der Waals surface area contributed by atoms with Gasteiger partial charge in [-0.25, -0.2) is 0 Å². The van der Waals surface area contributed by atoms with Crippen LogP contribution in [-0.4, -0.2) is 24.8 Å². The van der Waals surface area contributed by atoms with E-state index in [1.165, 1.54) is 77.5 Å². The molecule has 0 radical (unpaired) electrons. The summed E-state index contributed by atoms with van der Waals surface area (Å²) in [6.07, 6.45) is 14.1. The molecule has 0 N–H and O–H groups in total. The molecule has 0 saturated heterocycles. The molecule has 0 aliphatic carbocycles. The first-order valence-corrected chi connectivity index (χ1v) is 17.6. The van der Waals surface area contributed by atoms with Gasteiger partial charge >= 0.3 is 151 Å². The fourth-order valence-electron chi connectivity index (χ4n) is 3.19. The molecule has 0 spiro atoms. The molecule has 0 atom stereocenters. The van der Waals surface area contributed by atoms with Crippen LogP contribution in [0.5, 0.6) is 0 Å². The third-order valence-corrected chi connectivity index (χ3v) is 17.5. The second kappa shape index (κ2) is 15.8. The Morgan fingerprint density at radius 2 is 1.09 bits per heavy atom. The van der Waals surface area contributed by atoms with Crippen LogP contribution in [0, 0.1) is 0 Å². The quantitative estimate of drug-likeness (QED) is 0.190. The van der Waals surface area contributed by atoms with E-state index in [0.717, 1.165) is 6.42 Å². The molecule has 0 amide bonds. The van der Waals surface area contributed by atoms with Gasteiger partial charge in [0.05, 0.1) is 0 Å². The van der Waals surface area contributed by atoms with Crippen LogP contribution in [0.2, 0.25) is 13.3 Å². The van der Waals surface area contributed by atoms with E-state index in [0.29, 0.717) is 6.42 Å². The second-order valence-corrected chi connectivity index (χ2v) is 18.7. The van der Waals surface area contributed by atoms with E-state index in [4.69, 9.17) is 3.07 Å². The van der Waals surface area contributed by atoms with E-state index in [-0.39, 0.29) is 5.97 Å². The minimum atomic E-state index is -2.70. The molecule has 0 aromatic carbocycles. The van der Waals surface area contributed by atoms with E-state index in [1.807, 2.05) is 0 Å². The van der Waals surface area contributed by atoms with Crippen molar-refractivity contribution in [2.24, 2.45) is 0 Å². The first-order valence-electron chi connectivity index (χ1n) is 10.4. The zero-order valence-corrected chi connectivity index (χ0v) is 19.3. The monoisotopic (exact) mass is 434 g/mol. The van der Waals surface area contributed by atoms with Crippen LogP contribution < -0.4 is 0 Å². The van der Waals surface area contributed by atoms with Gasteiger partial charge < -0.3 is 0 Å². The Morgan fingerprint density at radius 3 is 1.52 bits per heavy atom. The van der Waals surface area contributed by atoms with E-state index < -0.39 is 18.8 Å². The van der Waals surface area contributed by atoms with Gasteiger partial charge in [-0.3, -0.25) is 0 Å². The average molecular weight is 433 g/mol. The van der Waals surface area contributed by atoms with Crippen molar-refractivity contribution < 1.29 is 7.87 Å². The molecule has 0 aromatic rings. The Bertz CT molecular complexity index is 257. The molecule has 0 heterocycles. The second-order valence-electron chi connectivity index (χ2n) is 7.13. The van der Waals surface area contributed by atoms with Crippen molar-refractivity contribution in [3.05, 3.63) is 0 Å². The molecule has 0 fully saturated rings. The Hall–Kier alpha value is 0.269. The molecule has 0 saturated carbocycles. The topological polar surface area (TPSA) is 26.3 Å². The third kappa shape index (κ3) is 12.3. The summed E-state index contributed by atoms with van der Waals surface area (Å²) in [5.74, 6) is 0.139. The number of carbonyl (C=O) groups excluding carboxylic acids is 1. The van der Waals surface area contributed by atoms with Gasteiger partial charge in [-0.2, -0.15) is 0 Å². The molecule has 138 valence electrons. The maximum absolute atomic E-state index is 12.4. The summed E-state index contributed by atoms with van der Waals surface area (Å²) in [6.45, 7) is 9.00. The molecule has 3 heteroatoms. The van der Waals surface area contributed by atoms with Crippen molar-refractivity contribution >= 4 is 24.8 Å². The van der Waals surface area contributed by atoms with Gasteiger partial charge in [-0.15, -0.1) is 0 Å². The number of rotatable bonds is 16. The van der Waals surface area contributed by atoms with E-state index in [9.17, 15) is 4.79 Å². The minimum absolute atomic E-state index is 0.139. The fourth-order valence-corrected chi connectivity index (χ4v) is 16.4. The van der Waals surface area contributed by atoms with Gasteiger partial charge in [-0.05, 0) is 0 Å². The molecule has 23 heavy (non-hydrogen) atoms. The van der Waals surface area contributed by atoms with Crippen molar-refractivity contribution in [1.82, 2.24) is 0 Å². The molecule has 0 rings (SSSR count). The Morgan fingerprint density at radius 1 is 0.652 bits per heavy atom. The van der Waals surface area contributed by atoms with Gasteiger partial charge in [0, 0.05) is 0 Å². The Kier molecular flexibility index (Phi) is 16.0. The molecular weight excluding hydrogens is 391 g/mol. The third-order valence-electron chi connectivity index (χ3n) is 4.77. The zero-order valence-electron chi connectivity index (χ0n) is 16.4. The first-order chi connectivity index (χ1) is 11.1. The standard InChI is InChI=1S/C8H16O2.3C4H9.Sn/c1-2-3-4-5-6-7-8(9)10;3*1-3-4-2;/h2-7H2,1H3,(H,9,10);3*1,3-4H2,2H3;/q;;;;+1/p-1. The predicted octanol–water partition coefficient (Wildman–Crippen LogP) is 7.24. The summed E-state index contributed by atoms with van der Waals surface area (Å²) >= 11 is -2.70. The summed E-state index contributed by atoms with van der Waals surface area (Å²) in [5, 5.41) is 0. The number of carbonyl (C=O) groups is 1. The molecule has 0 aliphatic heterocycles. The van der Waals surface area contributed by atoms with Crippen LogP contribution in [0.25, 0.3) is 0 Å². The number of unbranched alkanes of at least 4 members (excludes halogenated alkanes) is 7. The fraction of sp³-hybridized carbons (Fsp3) is 0.950. The molecule has 0 bridgehead atoms. The van der Waals surface area contributed by atoms with Gasteiger partial charge in [0.2, 0.25) is 0 Å². The molecule has 0 unspecified atom stereocenters. The van der Waals surface area contributed by atoms with Gasteiger partial charge in [-0.1, -0.05) is 0 Å². The van der Waals surface area contributed by atoms with Crippen LogP contribution in [0.15, 0.2) is 0 Å². The van der Waals surface area contributed by atoms with Crippen molar-refractivity contribution in [2.45, 2.75) is 118 Å². The van der Waals surface area contributed by atoms with Crippen LogP contribution in [0.3, 0.4) is 0 Å². The van der Waals surface area contributed by atoms with Crippen LogP contribution in [0.4, 0.5) is 0 Å². The van der Waals surface area contributed by atoms with Gasteiger partial charge in [0.1, 0.15) is 0 Å². The maximum atomic E-state index is 12.4. The van der Waals surface area contributed by atoms with Crippen LogP contribution >= 0.6 is 0 Å². The first kappa shape index (κ1) is 23.3. The van der Waals surface area contributed by atoms with Crippen molar-refractivity contribution in [3.63, 3.8) is 0 Å². The molecule has 0 aliphatic rings. The van der Waals surface area contributed by atoms with Gasteiger partial charge in [0.25, 0.3) is 0 Å². The van der Waals surface area contributed by atoms with Gasteiger partial charge in [0.15, 0.2) is 0 Å². The SMILES string of the molecule is CCCCCCCC(=O)[O][Sn]([CH2]CCC)([CH2]CCC)[CH2]CCC. The normalized spacial score (nSPS) is 11.7. The predicted molar refractivity (Wildman–Crippen MR) is 104 cm³/mol. The van der Waals surface area contributed by atoms with Crippen LogP contribution in [-0.2, 0) is 7.87 Å². The summed E-state index contributed by atoms with van der Waals surface area (Å²) < 4.78 is 10.1. The van der Waals surface area contributed by atoms with E-state index in [1.54, 1.807) is 0 Å². The zero-order chi connectivity index (χ0) is 17.4. The molecule has 0 aromatic heterocycles. The van der Waals surface area contributed by atoms with Crippen molar-refractivity contribution in [2.75, 3.05) is 0 Å². The van der Waals surface area contributed by atoms with Crippen molar-refractivity contribution in [1.29, 1.82) is 0 Å². The molecular formula is C20H42O2Sn. The van der Waals surface area contributed by atoms with Crippen molar-refractivity contribution in [3.8, 4) is 0 Å². The number of hydrogen-bond donors (Lipinski definition) is 0. The summed E-state index contributed by atoms with van der Waals surface area (Å²) in [5.41, 5.74) is 0. The average Bonchev–Trinajstić information content (AvgIpc) is 2.56. The van der Waals surface area contributed by atoms with E-state index in [2.05, 4.69) is 27.7 Å². The number of hydrogen-bond acceptors (Lipinski definition) is 2. The van der Waals surface area contributed by atoms with Crippen LogP contribution in [0.1, 0.15) is 105 Å². The molecule has 2 nitrogen and oxygen atoms in total. The summed E-state index contributed by atoms with van der Waals surface area (Å²) in [6, 6.07) is 0. The summed E-state index contributed by atoms with van der Waals surface area (Å²) in [7, 11) is 0. The summed E-state index contributed by atoms with van der Waals surface area (Å²) in [4.78, 5) is 12.4. The Labute approximate surface area is 150 Å².